The summed E-state index contributed by atoms with van der Waals surface area (Å²) in [5.41, 5.74) is 6.82. The van der Waals surface area contributed by atoms with Crippen molar-refractivity contribution in [3.8, 4) is 0 Å². The topological polar surface area (TPSA) is 73.1 Å². The van der Waals surface area contributed by atoms with E-state index in [1.165, 1.54) is 6.26 Å². The first kappa shape index (κ1) is 12.6. The van der Waals surface area contributed by atoms with Crippen LogP contribution in [0.2, 0.25) is 0 Å². The number of thiazole rings is 1. The summed E-state index contributed by atoms with van der Waals surface area (Å²) in [5.74, 6) is 0.151. The van der Waals surface area contributed by atoms with Crippen LogP contribution in [0.3, 0.4) is 0 Å². The summed E-state index contributed by atoms with van der Waals surface area (Å²) in [6.07, 6.45) is 2.39. The maximum Gasteiger partial charge on any atom is 0.147 e. The molecule has 0 aromatic carbocycles. The fourth-order valence-corrected chi connectivity index (χ4v) is 2.79. The molecule has 6 heteroatoms. The van der Waals surface area contributed by atoms with Crippen molar-refractivity contribution >= 4 is 21.2 Å². The minimum Gasteiger partial charge on any atom is -0.327 e. The van der Waals surface area contributed by atoms with E-state index >= 15 is 0 Å². The number of nitrogens with two attached hydrogens (primary N) is 1. The fraction of sp³-hybridized carbons (Fsp3) is 0.667. The van der Waals surface area contributed by atoms with Gasteiger partial charge in [0.15, 0.2) is 0 Å². The Hall–Kier alpha value is -0.460. The largest absolute Gasteiger partial charge is 0.327 e. The lowest BCUT2D eigenvalue weighted by molar-refractivity contribution is 0.585. The maximum atomic E-state index is 10.9. The first-order chi connectivity index (χ1) is 6.87. The highest BCUT2D eigenvalue weighted by Crippen LogP contribution is 2.11. The van der Waals surface area contributed by atoms with E-state index in [4.69, 9.17) is 5.73 Å². The van der Waals surface area contributed by atoms with E-state index in [2.05, 4.69) is 4.98 Å². The smallest absolute Gasteiger partial charge is 0.147 e. The Morgan fingerprint density at radius 1 is 1.60 bits per heavy atom. The van der Waals surface area contributed by atoms with Crippen molar-refractivity contribution in [1.29, 1.82) is 0 Å². The molecule has 0 bridgehead atoms. The molecule has 15 heavy (non-hydrogen) atoms. The van der Waals surface area contributed by atoms with Crippen LogP contribution in [0.1, 0.15) is 17.1 Å². The summed E-state index contributed by atoms with van der Waals surface area (Å²) in [5, 5.41) is 2.95. The molecule has 0 aliphatic heterocycles. The zero-order valence-electron chi connectivity index (χ0n) is 8.93. The molecule has 1 aromatic heterocycles. The van der Waals surface area contributed by atoms with Crippen molar-refractivity contribution in [1.82, 2.24) is 4.98 Å². The maximum absolute atomic E-state index is 10.9. The van der Waals surface area contributed by atoms with E-state index in [1.54, 1.807) is 11.3 Å². The van der Waals surface area contributed by atoms with Gasteiger partial charge in [-0.15, -0.1) is 11.3 Å². The van der Waals surface area contributed by atoms with Crippen molar-refractivity contribution in [3.05, 3.63) is 16.1 Å². The average molecular weight is 248 g/mol. The second kappa shape index (κ2) is 5.05. The van der Waals surface area contributed by atoms with Crippen LogP contribution in [0.5, 0.6) is 0 Å². The van der Waals surface area contributed by atoms with Gasteiger partial charge in [0.25, 0.3) is 0 Å². The van der Waals surface area contributed by atoms with Crippen LogP contribution in [0, 0.1) is 6.92 Å². The van der Waals surface area contributed by atoms with Gasteiger partial charge < -0.3 is 5.73 Å². The molecule has 1 rings (SSSR count). The third-order valence-corrected chi connectivity index (χ3v) is 3.93. The predicted molar refractivity (Wildman–Crippen MR) is 62.9 cm³/mol. The second-order valence-corrected chi connectivity index (χ2v) is 6.97. The number of hydrogen-bond acceptors (Lipinski definition) is 5. The van der Waals surface area contributed by atoms with Gasteiger partial charge in [0.2, 0.25) is 0 Å². The molecule has 0 fully saturated rings. The molecule has 0 radical (unpaired) electrons. The van der Waals surface area contributed by atoms with Gasteiger partial charge in [-0.1, -0.05) is 0 Å². The lowest BCUT2D eigenvalue weighted by atomic mass is 10.2. The van der Waals surface area contributed by atoms with E-state index in [0.717, 1.165) is 10.7 Å². The highest BCUT2D eigenvalue weighted by Gasteiger charge is 2.10. The van der Waals surface area contributed by atoms with Gasteiger partial charge in [-0.05, 0) is 13.3 Å². The average Bonchev–Trinajstić information content (AvgIpc) is 2.47. The molecule has 0 spiro atoms. The molecular weight excluding hydrogens is 232 g/mol. The first-order valence-corrected chi connectivity index (χ1v) is 7.65. The van der Waals surface area contributed by atoms with E-state index in [0.29, 0.717) is 12.8 Å². The summed E-state index contributed by atoms with van der Waals surface area (Å²) in [7, 11) is -2.90. The molecule has 0 aliphatic carbocycles. The number of rotatable bonds is 5. The van der Waals surface area contributed by atoms with Gasteiger partial charge in [-0.25, -0.2) is 13.4 Å². The highest BCUT2D eigenvalue weighted by molar-refractivity contribution is 7.90. The van der Waals surface area contributed by atoms with Gasteiger partial charge >= 0.3 is 0 Å². The van der Waals surface area contributed by atoms with Crippen LogP contribution in [0.4, 0.5) is 0 Å². The van der Waals surface area contributed by atoms with Gasteiger partial charge in [0.1, 0.15) is 9.84 Å². The lowest BCUT2D eigenvalue weighted by Gasteiger charge is -2.08. The lowest BCUT2D eigenvalue weighted by Crippen LogP contribution is -2.25. The van der Waals surface area contributed by atoms with Crippen molar-refractivity contribution < 1.29 is 8.42 Å². The van der Waals surface area contributed by atoms with Crippen LogP contribution in [-0.4, -0.2) is 31.5 Å². The van der Waals surface area contributed by atoms with Gasteiger partial charge in [0, 0.05) is 29.8 Å². The molecule has 0 saturated carbocycles. The minimum atomic E-state index is -2.90. The summed E-state index contributed by atoms with van der Waals surface area (Å²) in [4.78, 5) is 4.28. The number of aromatic nitrogens is 1. The summed E-state index contributed by atoms with van der Waals surface area (Å²) in [6.45, 7) is 1.93. The number of sulfone groups is 1. The molecule has 1 unspecified atom stereocenters. The molecule has 0 aliphatic rings. The fourth-order valence-electron chi connectivity index (χ4n) is 1.19. The van der Waals surface area contributed by atoms with E-state index in [9.17, 15) is 8.42 Å². The highest BCUT2D eigenvalue weighted by atomic mass is 32.2. The zero-order valence-corrected chi connectivity index (χ0v) is 10.6. The molecule has 0 saturated heterocycles. The molecule has 2 N–H and O–H groups in total. The van der Waals surface area contributed by atoms with Crippen molar-refractivity contribution in [3.63, 3.8) is 0 Å². The predicted octanol–water partition coefficient (Wildman–Crippen LogP) is 0.756. The van der Waals surface area contributed by atoms with Crippen LogP contribution in [0.15, 0.2) is 5.38 Å². The Morgan fingerprint density at radius 3 is 2.73 bits per heavy atom. The molecular formula is C9H16N2O2S2. The Labute approximate surface area is 94.4 Å². The van der Waals surface area contributed by atoms with Crippen molar-refractivity contribution in [2.45, 2.75) is 25.8 Å². The summed E-state index contributed by atoms with van der Waals surface area (Å²) < 4.78 is 21.8. The Morgan fingerprint density at radius 2 is 2.27 bits per heavy atom. The molecule has 1 atom stereocenters. The van der Waals surface area contributed by atoms with E-state index < -0.39 is 9.84 Å². The van der Waals surface area contributed by atoms with Crippen LogP contribution < -0.4 is 5.73 Å². The van der Waals surface area contributed by atoms with Gasteiger partial charge in [-0.3, -0.25) is 0 Å². The SMILES string of the molecule is Cc1csc(CC(N)CCS(C)(=O)=O)n1. The van der Waals surface area contributed by atoms with Crippen LogP contribution >= 0.6 is 11.3 Å². The third-order valence-electron chi connectivity index (χ3n) is 1.96. The normalized spacial score (nSPS) is 14.1. The minimum absolute atomic E-state index is 0.120. The Bertz CT molecular complexity index is 412. The van der Waals surface area contributed by atoms with Crippen molar-refractivity contribution in [2.75, 3.05) is 12.0 Å². The quantitative estimate of drug-likeness (QED) is 0.835. The molecule has 1 heterocycles. The van der Waals surface area contributed by atoms with Crippen LogP contribution in [0.25, 0.3) is 0 Å². The third kappa shape index (κ3) is 5.25. The van der Waals surface area contributed by atoms with Crippen LogP contribution in [-0.2, 0) is 16.3 Å². The number of aryl methyl sites for hydroxylation is 1. The molecule has 1 aromatic rings. The van der Waals surface area contributed by atoms with Gasteiger partial charge in [0.05, 0.1) is 10.8 Å². The summed E-state index contributed by atoms with van der Waals surface area (Å²) >= 11 is 1.57. The standard InChI is InChI=1S/C9H16N2O2S2/c1-7-6-14-9(11-7)5-8(10)3-4-15(2,12)13/h6,8H,3-5,10H2,1-2H3. The monoisotopic (exact) mass is 248 g/mol. The van der Waals surface area contributed by atoms with E-state index in [1.807, 2.05) is 12.3 Å². The summed E-state index contributed by atoms with van der Waals surface area (Å²) in [6, 6.07) is -0.120. The molecule has 4 nitrogen and oxygen atoms in total. The van der Waals surface area contributed by atoms with E-state index in [-0.39, 0.29) is 11.8 Å². The number of nitrogens with zero attached hydrogens (tertiary/aromatic N) is 1. The van der Waals surface area contributed by atoms with Crippen molar-refractivity contribution in [2.24, 2.45) is 5.73 Å². The van der Waals surface area contributed by atoms with Gasteiger partial charge in [-0.2, -0.15) is 0 Å². The zero-order chi connectivity index (χ0) is 11.5. The Kier molecular flexibility index (Phi) is 4.24. The second-order valence-electron chi connectivity index (χ2n) is 3.77. The molecule has 0 amide bonds. The Balaban J connectivity index is 2.40. The number of hydrogen-bond donors (Lipinski definition) is 1. The molecule has 86 valence electrons. The first-order valence-electron chi connectivity index (χ1n) is 4.71.